The molecule has 0 amide bonds. The molecule has 8 nitrogen and oxygen atoms in total. The second-order valence-corrected chi connectivity index (χ2v) is 7.60. The Balaban J connectivity index is 1.38. The molecule has 1 aromatic carbocycles. The van der Waals surface area contributed by atoms with Crippen molar-refractivity contribution >= 4 is 17.6 Å². The number of ether oxygens (including phenoxy) is 1. The highest BCUT2D eigenvalue weighted by Crippen LogP contribution is 2.34. The maximum atomic E-state index is 13.6. The van der Waals surface area contributed by atoms with Crippen molar-refractivity contribution in [3.05, 3.63) is 47.9 Å². The van der Waals surface area contributed by atoms with E-state index < -0.39 is 0 Å². The van der Waals surface area contributed by atoms with E-state index >= 15 is 0 Å². The van der Waals surface area contributed by atoms with E-state index in [0.717, 1.165) is 55.4 Å². The van der Waals surface area contributed by atoms with E-state index in [2.05, 4.69) is 30.3 Å². The smallest absolute Gasteiger partial charge is 0.233 e. The molecular formula is C21H24FN7O. The van der Waals surface area contributed by atoms with Crippen molar-refractivity contribution in [2.45, 2.75) is 18.9 Å². The topological polar surface area (TPSA) is 71.3 Å². The summed E-state index contributed by atoms with van der Waals surface area (Å²) in [5.74, 6) is 1.83. The van der Waals surface area contributed by atoms with Crippen molar-refractivity contribution in [1.29, 1.82) is 0 Å². The van der Waals surface area contributed by atoms with Crippen molar-refractivity contribution < 1.29 is 9.13 Å². The largest absolute Gasteiger partial charge is 0.481 e. The van der Waals surface area contributed by atoms with Crippen LogP contribution in [0.25, 0.3) is 5.69 Å². The van der Waals surface area contributed by atoms with Crippen LogP contribution in [0.2, 0.25) is 0 Å². The Morgan fingerprint density at radius 2 is 2.03 bits per heavy atom. The van der Waals surface area contributed by atoms with E-state index in [1.807, 2.05) is 29.8 Å². The highest BCUT2D eigenvalue weighted by molar-refractivity contribution is 5.59. The van der Waals surface area contributed by atoms with E-state index in [1.54, 1.807) is 25.4 Å². The van der Waals surface area contributed by atoms with Gasteiger partial charge in [0.15, 0.2) is 0 Å². The van der Waals surface area contributed by atoms with Gasteiger partial charge in [-0.15, -0.1) is 10.2 Å². The summed E-state index contributed by atoms with van der Waals surface area (Å²) in [5.41, 5.74) is 3.12. The molecule has 2 aromatic heterocycles. The number of nitrogens with one attached hydrogen (secondary N) is 1. The first-order chi connectivity index (χ1) is 14.7. The Morgan fingerprint density at radius 3 is 2.77 bits per heavy atom. The van der Waals surface area contributed by atoms with Gasteiger partial charge in [0.2, 0.25) is 17.8 Å². The molecule has 5 rings (SSSR count). The molecule has 2 aliphatic rings. The summed E-state index contributed by atoms with van der Waals surface area (Å²) in [7, 11) is 3.42. The zero-order valence-electron chi connectivity index (χ0n) is 17.0. The Kier molecular flexibility index (Phi) is 4.65. The second kappa shape index (κ2) is 7.47. The van der Waals surface area contributed by atoms with Crippen LogP contribution in [0.5, 0.6) is 5.88 Å². The van der Waals surface area contributed by atoms with E-state index in [1.165, 1.54) is 0 Å². The Labute approximate surface area is 174 Å². The number of aromatic nitrogens is 4. The van der Waals surface area contributed by atoms with Gasteiger partial charge in [-0.05, 0) is 42.7 Å². The van der Waals surface area contributed by atoms with Crippen LogP contribution in [0.3, 0.4) is 0 Å². The number of hydrogen-bond acceptors (Lipinski definition) is 7. The monoisotopic (exact) mass is 409 g/mol. The van der Waals surface area contributed by atoms with E-state index in [9.17, 15) is 4.39 Å². The van der Waals surface area contributed by atoms with E-state index in [0.29, 0.717) is 17.9 Å². The molecule has 0 unspecified atom stereocenters. The van der Waals surface area contributed by atoms with Crippen molar-refractivity contribution in [3.8, 4) is 11.6 Å². The van der Waals surface area contributed by atoms with Crippen LogP contribution in [0.15, 0.2) is 36.5 Å². The second-order valence-electron chi connectivity index (χ2n) is 7.60. The number of halogens is 1. The van der Waals surface area contributed by atoms with Gasteiger partial charge in [0.1, 0.15) is 5.82 Å². The van der Waals surface area contributed by atoms with Crippen LogP contribution >= 0.6 is 0 Å². The molecule has 0 aliphatic carbocycles. The van der Waals surface area contributed by atoms with Gasteiger partial charge in [0.05, 0.1) is 25.0 Å². The number of anilines is 3. The SMILES string of the molecule is CNc1nnc(N2CC(N3CCCc4cc(F)ccc43)C2)n1-c1ccc(OC)nc1. The van der Waals surface area contributed by atoms with E-state index in [4.69, 9.17) is 4.74 Å². The number of fused-ring (bicyclic) bond motifs is 1. The fourth-order valence-electron chi connectivity index (χ4n) is 4.30. The molecule has 30 heavy (non-hydrogen) atoms. The summed E-state index contributed by atoms with van der Waals surface area (Å²) in [6.07, 6.45) is 3.73. The van der Waals surface area contributed by atoms with Crippen molar-refractivity contribution in [1.82, 2.24) is 19.7 Å². The van der Waals surface area contributed by atoms with Gasteiger partial charge in [-0.2, -0.15) is 0 Å². The van der Waals surface area contributed by atoms with Crippen LogP contribution < -0.4 is 19.9 Å². The fourth-order valence-corrected chi connectivity index (χ4v) is 4.30. The standard InChI is InChI=1S/C21H24FN7O/c1-23-20-25-26-21(29(20)16-6-8-19(30-2)24-11-16)27-12-17(13-27)28-9-3-4-14-10-15(22)5-7-18(14)28/h5-8,10-11,17H,3-4,9,12-13H2,1-2H3,(H,23,25). The number of methoxy groups -OCH3 is 1. The first-order valence-electron chi connectivity index (χ1n) is 10.1. The minimum Gasteiger partial charge on any atom is -0.481 e. The van der Waals surface area contributed by atoms with Gasteiger partial charge in [0, 0.05) is 38.4 Å². The van der Waals surface area contributed by atoms with Gasteiger partial charge in [-0.1, -0.05) is 0 Å². The maximum Gasteiger partial charge on any atom is 0.233 e. The minimum atomic E-state index is -0.161. The molecule has 0 spiro atoms. The molecule has 0 atom stereocenters. The molecular weight excluding hydrogens is 385 g/mol. The molecule has 3 aromatic rings. The minimum absolute atomic E-state index is 0.161. The average Bonchev–Trinajstić information content (AvgIpc) is 3.16. The lowest BCUT2D eigenvalue weighted by molar-refractivity contribution is 0.398. The lowest BCUT2D eigenvalue weighted by atomic mass is 9.97. The van der Waals surface area contributed by atoms with Crippen molar-refractivity contribution in [2.24, 2.45) is 0 Å². The molecule has 1 N–H and O–H groups in total. The summed E-state index contributed by atoms with van der Waals surface area (Å²) >= 11 is 0. The molecule has 2 aliphatic heterocycles. The zero-order valence-corrected chi connectivity index (χ0v) is 17.0. The highest BCUT2D eigenvalue weighted by Gasteiger charge is 2.37. The molecule has 4 heterocycles. The molecule has 1 fully saturated rings. The first kappa shape index (κ1) is 18.7. The normalized spacial score (nSPS) is 16.2. The molecule has 0 saturated carbocycles. The zero-order chi connectivity index (χ0) is 20.7. The number of rotatable bonds is 5. The van der Waals surface area contributed by atoms with Crippen LogP contribution in [-0.2, 0) is 6.42 Å². The lowest BCUT2D eigenvalue weighted by Gasteiger charge is -2.48. The predicted molar refractivity (Wildman–Crippen MR) is 113 cm³/mol. The molecule has 156 valence electrons. The number of hydrogen-bond donors (Lipinski definition) is 1. The van der Waals surface area contributed by atoms with Crippen LogP contribution in [0.1, 0.15) is 12.0 Å². The van der Waals surface area contributed by atoms with Crippen molar-refractivity contribution in [3.63, 3.8) is 0 Å². The highest BCUT2D eigenvalue weighted by atomic mass is 19.1. The summed E-state index contributed by atoms with van der Waals surface area (Å²) in [6.45, 7) is 2.67. The third kappa shape index (κ3) is 3.10. The summed E-state index contributed by atoms with van der Waals surface area (Å²) in [5, 5.41) is 11.8. The van der Waals surface area contributed by atoms with Crippen LogP contribution in [0.4, 0.5) is 22.0 Å². The summed E-state index contributed by atoms with van der Waals surface area (Å²) < 4.78 is 20.8. The molecule has 0 bridgehead atoms. The molecule has 9 heteroatoms. The predicted octanol–water partition coefficient (Wildman–Crippen LogP) is 2.49. The Bertz CT molecular complexity index is 1050. The third-order valence-electron chi connectivity index (χ3n) is 5.84. The molecule has 1 saturated heterocycles. The fraction of sp³-hybridized carbons (Fsp3) is 0.381. The number of aryl methyl sites for hydroxylation is 1. The number of pyridine rings is 1. The first-order valence-corrected chi connectivity index (χ1v) is 10.1. The molecule has 0 radical (unpaired) electrons. The van der Waals surface area contributed by atoms with E-state index in [-0.39, 0.29) is 5.82 Å². The summed E-state index contributed by atoms with van der Waals surface area (Å²) in [4.78, 5) is 8.92. The van der Waals surface area contributed by atoms with Gasteiger partial charge in [-0.25, -0.2) is 13.9 Å². The van der Waals surface area contributed by atoms with Crippen LogP contribution in [0, 0.1) is 5.82 Å². The number of benzene rings is 1. The van der Waals surface area contributed by atoms with Crippen LogP contribution in [-0.4, -0.2) is 59.6 Å². The lowest BCUT2D eigenvalue weighted by Crippen LogP contribution is -2.61. The van der Waals surface area contributed by atoms with Gasteiger partial charge >= 0.3 is 0 Å². The van der Waals surface area contributed by atoms with Gasteiger partial charge < -0.3 is 19.9 Å². The Hall–Kier alpha value is -3.36. The Morgan fingerprint density at radius 1 is 1.17 bits per heavy atom. The number of nitrogens with zero attached hydrogens (tertiary/aromatic N) is 6. The van der Waals surface area contributed by atoms with Gasteiger partial charge in [-0.3, -0.25) is 0 Å². The maximum absolute atomic E-state index is 13.6. The average molecular weight is 409 g/mol. The quantitative estimate of drug-likeness (QED) is 0.694. The third-order valence-corrected chi connectivity index (χ3v) is 5.84. The van der Waals surface area contributed by atoms with Crippen molar-refractivity contribution in [2.75, 3.05) is 48.9 Å². The summed E-state index contributed by atoms with van der Waals surface area (Å²) in [6, 6.07) is 9.27. The van der Waals surface area contributed by atoms with Gasteiger partial charge in [0.25, 0.3) is 0 Å².